The van der Waals surface area contributed by atoms with E-state index in [9.17, 15) is 25.1 Å². The SMILES string of the molecule is Cc1cc(O)c(C2=NCCSC(c3cc([N+](=O)[O-])ccc3O)C2)c(=O)o1. The number of nitro groups is 1. The molecule has 3 rings (SSSR count). The Morgan fingerprint density at radius 2 is 2.08 bits per heavy atom. The van der Waals surface area contributed by atoms with Crippen molar-refractivity contribution >= 4 is 23.2 Å². The van der Waals surface area contributed by atoms with Gasteiger partial charge >= 0.3 is 5.63 Å². The molecule has 9 heteroatoms. The first-order valence-corrected chi connectivity index (χ1v) is 8.88. The van der Waals surface area contributed by atoms with E-state index in [4.69, 9.17) is 4.42 Å². The predicted octanol–water partition coefficient (Wildman–Crippen LogP) is 2.93. The maximum atomic E-state index is 12.2. The first kappa shape index (κ1) is 18.0. The number of aryl methyl sites for hydroxylation is 1. The molecule has 1 aromatic carbocycles. The quantitative estimate of drug-likeness (QED) is 0.623. The summed E-state index contributed by atoms with van der Waals surface area (Å²) in [7, 11) is 0. The Morgan fingerprint density at radius 3 is 2.77 bits per heavy atom. The monoisotopic (exact) mass is 376 g/mol. The summed E-state index contributed by atoms with van der Waals surface area (Å²) in [5.41, 5.74) is -0.0611. The number of aliphatic imine (C=N–C) groups is 1. The van der Waals surface area contributed by atoms with Crippen molar-refractivity contribution in [2.45, 2.75) is 18.6 Å². The van der Waals surface area contributed by atoms with Gasteiger partial charge in [-0.3, -0.25) is 15.1 Å². The van der Waals surface area contributed by atoms with Gasteiger partial charge in [-0.1, -0.05) is 0 Å². The number of hydrogen-bond acceptors (Lipinski definition) is 8. The number of phenols is 1. The average molecular weight is 376 g/mol. The van der Waals surface area contributed by atoms with E-state index in [-0.39, 0.29) is 40.2 Å². The molecule has 0 fully saturated rings. The zero-order valence-corrected chi connectivity index (χ0v) is 14.7. The molecular weight excluding hydrogens is 360 g/mol. The van der Waals surface area contributed by atoms with Crippen LogP contribution in [0.4, 0.5) is 5.69 Å². The van der Waals surface area contributed by atoms with Crippen molar-refractivity contribution < 1.29 is 19.6 Å². The van der Waals surface area contributed by atoms with Crippen LogP contribution in [-0.2, 0) is 0 Å². The Bertz CT molecular complexity index is 953. The molecule has 2 heterocycles. The molecule has 1 aliphatic rings. The standard InChI is InChI=1S/C17H16N2O6S/c1-9-6-14(21)16(17(22)25-9)12-8-15(26-5-4-18-12)11-7-10(19(23)24)2-3-13(11)20/h2-3,6-7,15,20-21H,4-5,8H2,1H3. The number of nitro benzene ring substituents is 1. The molecule has 1 unspecified atom stereocenters. The van der Waals surface area contributed by atoms with Crippen LogP contribution in [-0.4, -0.2) is 33.1 Å². The summed E-state index contributed by atoms with van der Waals surface area (Å²) in [6.45, 7) is 1.97. The Labute approximate surface area is 152 Å². The van der Waals surface area contributed by atoms with Gasteiger partial charge in [-0.25, -0.2) is 4.79 Å². The number of phenolic OH excluding ortho intramolecular Hbond substituents is 1. The van der Waals surface area contributed by atoms with E-state index < -0.39 is 10.5 Å². The van der Waals surface area contributed by atoms with E-state index in [0.29, 0.717) is 23.6 Å². The van der Waals surface area contributed by atoms with Gasteiger partial charge in [0.1, 0.15) is 22.8 Å². The van der Waals surface area contributed by atoms with Crippen molar-refractivity contribution in [1.29, 1.82) is 0 Å². The second kappa shape index (κ2) is 7.20. The molecule has 0 spiro atoms. The van der Waals surface area contributed by atoms with E-state index >= 15 is 0 Å². The molecule has 0 aliphatic carbocycles. The van der Waals surface area contributed by atoms with Gasteiger partial charge in [0.05, 0.1) is 10.6 Å². The van der Waals surface area contributed by atoms with Crippen molar-refractivity contribution in [1.82, 2.24) is 0 Å². The van der Waals surface area contributed by atoms with Crippen molar-refractivity contribution in [2.75, 3.05) is 12.3 Å². The lowest BCUT2D eigenvalue weighted by Crippen LogP contribution is -2.17. The lowest BCUT2D eigenvalue weighted by atomic mass is 10.0. The van der Waals surface area contributed by atoms with Crippen LogP contribution in [0.2, 0.25) is 0 Å². The summed E-state index contributed by atoms with van der Waals surface area (Å²) in [4.78, 5) is 27.0. The minimum absolute atomic E-state index is 0.00646. The summed E-state index contributed by atoms with van der Waals surface area (Å²) >= 11 is 1.47. The number of aromatic hydroxyl groups is 2. The summed E-state index contributed by atoms with van der Waals surface area (Å²) in [5.74, 6) is 0.613. The third-order valence-electron chi connectivity index (χ3n) is 4.00. The molecule has 8 nitrogen and oxygen atoms in total. The summed E-state index contributed by atoms with van der Waals surface area (Å²) in [6, 6.07) is 5.19. The van der Waals surface area contributed by atoms with E-state index in [0.717, 1.165) is 0 Å². The number of non-ortho nitro benzene ring substituents is 1. The minimum atomic E-state index is -0.685. The number of benzene rings is 1. The summed E-state index contributed by atoms with van der Waals surface area (Å²) in [5, 5.41) is 31.0. The van der Waals surface area contributed by atoms with Crippen molar-refractivity contribution in [3.05, 3.63) is 61.7 Å². The molecular formula is C17H16N2O6S. The zero-order chi connectivity index (χ0) is 18.8. The van der Waals surface area contributed by atoms with E-state index in [1.165, 1.54) is 36.0 Å². The number of hydrogen-bond donors (Lipinski definition) is 2. The molecule has 26 heavy (non-hydrogen) atoms. The van der Waals surface area contributed by atoms with Crippen LogP contribution in [0.3, 0.4) is 0 Å². The van der Waals surface area contributed by atoms with E-state index in [1.54, 1.807) is 6.92 Å². The smallest absolute Gasteiger partial charge is 0.348 e. The molecule has 1 aromatic heterocycles. The van der Waals surface area contributed by atoms with E-state index in [1.807, 2.05) is 0 Å². The Morgan fingerprint density at radius 1 is 1.31 bits per heavy atom. The predicted molar refractivity (Wildman–Crippen MR) is 97.4 cm³/mol. The van der Waals surface area contributed by atoms with Crippen molar-refractivity contribution in [2.24, 2.45) is 4.99 Å². The second-order valence-electron chi connectivity index (χ2n) is 5.80. The lowest BCUT2D eigenvalue weighted by Gasteiger charge is -2.16. The fraction of sp³-hybridized carbons (Fsp3) is 0.294. The van der Waals surface area contributed by atoms with Crippen LogP contribution < -0.4 is 5.63 Å². The fourth-order valence-corrected chi connectivity index (χ4v) is 3.96. The first-order valence-electron chi connectivity index (χ1n) is 7.83. The molecule has 1 aliphatic heterocycles. The van der Waals surface area contributed by atoms with Crippen LogP contribution in [0.25, 0.3) is 0 Å². The van der Waals surface area contributed by atoms with Gasteiger partial charge in [0.25, 0.3) is 5.69 Å². The second-order valence-corrected chi connectivity index (χ2v) is 7.11. The van der Waals surface area contributed by atoms with Gasteiger partial charge in [0.15, 0.2) is 0 Å². The molecule has 0 amide bonds. The third-order valence-corrected chi connectivity index (χ3v) is 5.24. The van der Waals surface area contributed by atoms with Gasteiger partial charge < -0.3 is 14.6 Å². The molecule has 0 saturated heterocycles. The van der Waals surface area contributed by atoms with E-state index in [2.05, 4.69) is 4.99 Å². The molecule has 2 N–H and O–H groups in total. The number of thioether (sulfide) groups is 1. The highest BCUT2D eigenvalue weighted by Gasteiger charge is 2.26. The average Bonchev–Trinajstić information content (AvgIpc) is 2.80. The maximum absolute atomic E-state index is 12.2. The number of rotatable bonds is 3. The topological polar surface area (TPSA) is 126 Å². The minimum Gasteiger partial charge on any atom is -0.508 e. The molecule has 1 atom stereocenters. The molecule has 2 aromatic rings. The highest BCUT2D eigenvalue weighted by molar-refractivity contribution is 7.99. The van der Waals surface area contributed by atoms with Crippen LogP contribution in [0, 0.1) is 17.0 Å². The Hall–Kier alpha value is -2.81. The summed E-state index contributed by atoms with van der Waals surface area (Å²) < 4.78 is 5.06. The largest absolute Gasteiger partial charge is 0.508 e. The zero-order valence-electron chi connectivity index (χ0n) is 13.8. The molecule has 136 valence electrons. The third kappa shape index (κ3) is 3.57. The van der Waals surface area contributed by atoms with Crippen LogP contribution >= 0.6 is 11.8 Å². The highest BCUT2D eigenvalue weighted by Crippen LogP contribution is 2.41. The van der Waals surface area contributed by atoms with Crippen LogP contribution in [0.15, 0.2) is 38.5 Å². The van der Waals surface area contributed by atoms with Gasteiger partial charge in [0.2, 0.25) is 0 Å². The lowest BCUT2D eigenvalue weighted by molar-refractivity contribution is -0.384. The molecule has 0 bridgehead atoms. The summed E-state index contributed by atoms with van der Waals surface area (Å²) in [6.07, 6.45) is 0.223. The van der Waals surface area contributed by atoms with Crippen molar-refractivity contribution in [3.63, 3.8) is 0 Å². The molecule has 0 radical (unpaired) electrons. The maximum Gasteiger partial charge on any atom is 0.348 e. The van der Waals surface area contributed by atoms with Gasteiger partial charge in [-0.2, -0.15) is 11.8 Å². The Kier molecular flexibility index (Phi) is 4.99. The van der Waals surface area contributed by atoms with Gasteiger partial charge in [0, 0.05) is 47.7 Å². The van der Waals surface area contributed by atoms with Crippen LogP contribution in [0.5, 0.6) is 11.5 Å². The normalized spacial score (nSPS) is 17.4. The van der Waals surface area contributed by atoms with Gasteiger partial charge in [-0.05, 0) is 13.0 Å². The first-order chi connectivity index (χ1) is 12.4. The fourth-order valence-electron chi connectivity index (χ4n) is 2.83. The molecule has 0 saturated carbocycles. The number of nitrogens with zero attached hydrogens (tertiary/aromatic N) is 2. The van der Waals surface area contributed by atoms with Crippen molar-refractivity contribution in [3.8, 4) is 11.5 Å². The van der Waals surface area contributed by atoms with Gasteiger partial charge in [-0.15, -0.1) is 0 Å². The van der Waals surface area contributed by atoms with Crippen LogP contribution in [0.1, 0.15) is 28.6 Å². The Balaban J connectivity index is 2.01. The highest BCUT2D eigenvalue weighted by atomic mass is 32.2.